The van der Waals surface area contributed by atoms with Crippen molar-refractivity contribution in [2.45, 2.75) is 90.6 Å². The SMILES string of the molecule is CC(O)C(=O)OC(C)(C)C1CCC(C(C)(C)OC(=O)C(C)O)CC1. The van der Waals surface area contributed by atoms with Gasteiger partial charge in [-0.3, -0.25) is 0 Å². The second kappa shape index (κ2) is 7.83. The van der Waals surface area contributed by atoms with Crippen LogP contribution in [-0.4, -0.2) is 45.6 Å². The van der Waals surface area contributed by atoms with Crippen molar-refractivity contribution >= 4 is 11.9 Å². The Hall–Kier alpha value is -1.14. The summed E-state index contributed by atoms with van der Waals surface area (Å²) in [4.78, 5) is 23.3. The number of ether oxygens (including phenoxy) is 2. The molecule has 0 saturated heterocycles. The first-order valence-corrected chi connectivity index (χ1v) is 8.68. The standard InChI is InChI=1S/C18H32O6/c1-11(19)15(21)23-17(3,4)13-7-9-14(10-8-13)18(5,6)24-16(22)12(2)20/h11-14,19-20H,7-10H2,1-6H3. The maximum atomic E-state index is 11.7. The van der Waals surface area contributed by atoms with Crippen LogP contribution in [0, 0.1) is 11.8 Å². The number of hydrogen-bond acceptors (Lipinski definition) is 6. The third-order valence-electron chi connectivity index (χ3n) is 5.10. The van der Waals surface area contributed by atoms with Gasteiger partial charge in [0.25, 0.3) is 0 Å². The molecule has 2 atom stereocenters. The van der Waals surface area contributed by atoms with Crippen LogP contribution in [0.4, 0.5) is 0 Å². The Kier molecular flexibility index (Phi) is 6.82. The van der Waals surface area contributed by atoms with Gasteiger partial charge in [-0.1, -0.05) is 0 Å². The third-order valence-corrected chi connectivity index (χ3v) is 5.10. The van der Waals surface area contributed by atoms with Gasteiger partial charge in [0.1, 0.15) is 23.4 Å². The fourth-order valence-corrected chi connectivity index (χ4v) is 3.34. The zero-order valence-electron chi connectivity index (χ0n) is 15.7. The zero-order chi connectivity index (χ0) is 18.7. The van der Waals surface area contributed by atoms with E-state index in [1.807, 2.05) is 27.7 Å². The van der Waals surface area contributed by atoms with Crippen molar-refractivity contribution in [3.8, 4) is 0 Å². The molecule has 0 radical (unpaired) electrons. The fraction of sp³-hybridized carbons (Fsp3) is 0.889. The van der Waals surface area contributed by atoms with Crippen LogP contribution in [0.5, 0.6) is 0 Å². The van der Waals surface area contributed by atoms with Gasteiger partial charge in [-0.05, 0) is 79.1 Å². The molecule has 0 aliphatic heterocycles. The second-order valence-electron chi connectivity index (χ2n) is 7.95. The van der Waals surface area contributed by atoms with E-state index in [9.17, 15) is 19.8 Å². The van der Waals surface area contributed by atoms with Crippen LogP contribution in [0.25, 0.3) is 0 Å². The van der Waals surface area contributed by atoms with Crippen LogP contribution in [0.3, 0.4) is 0 Å². The molecule has 6 heteroatoms. The summed E-state index contributed by atoms with van der Waals surface area (Å²) in [6.45, 7) is 10.3. The first kappa shape index (κ1) is 20.9. The van der Waals surface area contributed by atoms with Crippen LogP contribution in [-0.2, 0) is 19.1 Å². The Balaban J connectivity index is 2.62. The molecule has 1 aliphatic carbocycles. The van der Waals surface area contributed by atoms with Gasteiger partial charge in [0.2, 0.25) is 0 Å². The normalized spacial score (nSPS) is 24.8. The van der Waals surface area contributed by atoms with Gasteiger partial charge < -0.3 is 19.7 Å². The molecule has 0 amide bonds. The highest BCUT2D eigenvalue weighted by Gasteiger charge is 2.42. The zero-order valence-corrected chi connectivity index (χ0v) is 15.7. The van der Waals surface area contributed by atoms with Crippen molar-refractivity contribution in [3.05, 3.63) is 0 Å². The molecule has 140 valence electrons. The predicted octanol–water partition coefficient (Wildman–Crippen LogP) is 2.20. The maximum Gasteiger partial charge on any atom is 0.335 e. The second-order valence-corrected chi connectivity index (χ2v) is 7.95. The summed E-state index contributed by atoms with van der Waals surface area (Å²) in [5.41, 5.74) is -1.28. The van der Waals surface area contributed by atoms with Gasteiger partial charge >= 0.3 is 11.9 Å². The minimum absolute atomic E-state index is 0.194. The summed E-state index contributed by atoms with van der Waals surface area (Å²) < 4.78 is 10.9. The van der Waals surface area contributed by atoms with E-state index in [4.69, 9.17) is 9.47 Å². The minimum atomic E-state index is -1.13. The van der Waals surface area contributed by atoms with E-state index < -0.39 is 35.3 Å². The predicted molar refractivity (Wildman–Crippen MR) is 89.2 cm³/mol. The van der Waals surface area contributed by atoms with Crippen LogP contribution in [0.1, 0.15) is 67.2 Å². The first-order valence-electron chi connectivity index (χ1n) is 8.68. The van der Waals surface area contributed by atoms with Gasteiger partial charge in [0.05, 0.1) is 0 Å². The lowest BCUT2D eigenvalue weighted by atomic mass is 9.70. The van der Waals surface area contributed by atoms with E-state index in [-0.39, 0.29) is 11.8 Å². The smallest absolute Gasteiger partial charge is 0.335 e. The molecule has 0 bridgehead atoms. The molecule has 1 saturated carbocycles. The molecular weight excluding hydrogens is 312 g/mol. The van der Waals surface area contributed by atoms with Gasteiger partial charge in [-0.2, -0.15) is 0 Å². The largest absolute Gasteiger partial charge is 0.457 e. The Morgan fingerprint density at radius 2 is 1.04 bits per heavy atom. The highest BCUT2D eigenvalue weighted by molar-refractivity contribution is 5.74. The Morgan fingerprint density at radius 1 is 0.792 bits per heavy atom. The van der Waals surface area contributed by atoms with E-state index in [1.54, 1.807) is 0 Å². The fourth-order valence-electron chi connectivity index (χ4n) is 3.34. The quantitative estimate of drug-likeness (QED) is 0.718. The van der Waals surface area contributed by atoms with E-state index in [0.29, 0.717) is 0 Å². The van der Waals surface area contributed by atoms with Crippen molar-refractivity contribution in [3.63, 3.8) is 0 Å². The summed E-state index contributed by atoms with van der Waals surface area (Å²) in [5, 5.41) is 18.6. The number of aliphatic hydroxyl groups excluding tert-OH is 2. The maximum absolute atomic E-state index is 11.7. The number of aliphatic hydroxyl groups is 2. The first-order chi connectivity index (χ1) is 10.9. The molecule has 2 N–H and O–H groups in total. The highest BCUT2D eigenvalue weighted by Crippen LogP contribution is 2.42. The highest BCUT2D eigenvalue weighted by atomic mass is 16.6. The van der Waals surface area contributed by atoms with Gasteiger partial charge in [0.15, 0.2) is 0 Å². The molecule has 0 aromatic heterocycles. The number of esters is 2. The lowest BCUT2D eigenvalue weighted by molar-refractivity contribution is -0.178. The number of carbonyl (C=O) groups is 2. The van der Waals surface area contributed by atoms with Crippen molar-refractivity contribution in [2.24, 2.45) is 11.8 Å². The third kappa shape index (κ3) is 5.45. The van der Waals surface area contributed by atoms with Crippen molar-refractivity contribution in [2.75, 3.05) is 0 Å². The van der Waals surface area contributed by atoms with Gasteiger partial charge in [0, 0.05) is 0 Å². The molecule has 2 unspecified atom stereocenters. The molecule has 1 aliphatic rings. The topological polar surface area (TPSA) is 93.1 Å². The van der Waals surface area contributed by atoms with Gasteiger partial charge in [-0.15, -0.1) is 0 Å². The lowest BCUT2D eigenvalue weighted by Gasteiger charge is -2.43. The monoisotopic (exact) mass is 344 g/mol. The molecule has 0 spiro atoms. The van der Waals surface area contributed by atoms with Crippen molar-refractivity contribution in [1.29, 1.82) is 0 Å². The van der Waals surface area contributed by atoms with Crippen LogP contribution in [0.2, 0.25) is 0 Å². The summed E-state index contributed by atoms with van der Waals surface area (Å²) in [7, 11) is 0. The van der Waals surface area contributed by atoms with E-state index in [0.717, 1.165) is 25.7 Å². The van der Waals surface area contributed by atoms with Crippen LogP contribution in [0.15, 0.2) is 0 Å². The van der Waals surface area contributed by atoms with Gasteiger partial charge in [-0.25, -0.2) is 9.59 Å². The number of rotatable bonds is 6. The number of hydrogen-bond donors (Lipinski definition) is 2. The van der Waals surface area contributed by atoms with Crippen LogP contribution < -0.4 is 0 Å². The molecule has 6 nitrogen and oxygen atoms in total. The Bertz CT molecular complexity index is 402. The molecular formula is C18H32O6. The molecule has 24 heavy (non-hydrogen) atoms. The summed E-state index contributed by atoms with van der Waals surface area (Å²) >= 11 is 0. The summed E-state index contributed by atoms with van der Waals surface area (Å²) in [6.07, 6.45) is 1.14. The Morgan fingerprint density at radius 3 is 1.25 bits per heavy atom. The summed E-state index contributed by atoms with van der Waals surface area (Å²) in [5.74, 6) is -0.818. The van der Waals surface area contributed by atoms with Crippen molar-refractivity contribution in [1.82, 2.24) is 0 Å². The van der Waals surface area contributed by atoms with E-state index in [2.05, 4.69) is 0 Å². The van der Waals surface area contributed by atoms with Crippen molar-refractivity contribution < 1.29 is 29.3 Å². The molecule has 0 aromatic rings. The van der Waals surface area contributed by atoms with E-state index >= 15 is 0 Å². The average molecular weight is 344 g/mol. The molecule has 0 aromatic carbocycles. The number of carbonyl (C=O) groups excluding carboxylic acids is 2. The molecule has 1 fully saturated rings. The summed E-state index contributed by atoms with van der Waals surface area (Å²) in [6, 6.07) is 0. The Labute approximate surface area is 144 Å². The molecule has 0 heterocycles. The molecule has 1 rings (SSSR count). The van der Waals surface area contributed by atoms with E-state index in [1.165, 1.54) is 13.8 Å². The average Bonchev–Trinajstić information content (AvgIpc) is 2.46. The lowest BCUT2D eigenvalue weighted by Crippen LogP contribution is -2.45. The minimum Gasteiger partial charge on any atom is -0.457 e. The van der Waals surface area contributed by atoms with Crippen LogP contribution >= 0.6 is 0 Å².